The molecule has 0 amide bonds. The maximum atomic E-state index is 13.5. The molecule has 0 bridgehead atoms. The van der Waals surface area contributed by atoms with Gasteiger partial charge in [0.15, 0.2) is 15.7 Å². The molecule has 3 fully saturated rings. The van der Waals surface area contributed by atoms with Gasteiger partial charge in [-0.1, -0.05) is 32.1 Å². The number of aromatic amines is 1. The average Bonchev–Trinajstić information content (AvgIpc) is 3.53. The molecular formula is C25H37N5O3S. The largest absolute Gasteiger partial charge is 0.393 e. The number of aromatic nitrogens is 3. The van der Waals surface area contributed by atoms with Crippen molar-refractivity contribution >= 4 is 27.3 Å². The van der Waals surface area contributed by atoms with Crippen LogP contribution in [0.15, 0.2) is 23.1 Å². The molecule has 0 unspecified atom stereocenters. The summed E-state index contributed by atoms with van der Waals surface area (Å²) >= 11 is 0. The Hall–Kier alpha value is -2.13. The second-order valence-corrected chi connectivity index (χ2v) is 12.6. The molecule has 0 radical (unpaired) electrons. The number of hydrogen-bond donors (Lipinski definition) is 4. The number of anilines is 3. The minimum atomic E-state index is -3.44. The van der Waals surface area contributed by atoms with E-state index in [2.05, 4.69) is 20.8 Å². The lowest BCUT2D eigenvalue weighted by atomic mass is 9.93. The molecule has 0 saturated heterocycles. The number of rotatable bonds is 7. The van der Waals surface area contributed by atoms with E-state index in [1.165, 1.54) is 25.7 Å². The smallest absolute Gasteiger partial charge is 0.181 e. The van der Waals surface area contributed by atoms with E-state index in [0.29, 0.717) is 28.3 Å². The third kappa shape index (κ3) is 5.40. The minimum Gasteiger partial charge on any atom is -0.393 e. The van der Waals surface area contributed by atoms with Gasteiger partial charge in [0.25, 0.3) is 0 Å². The summed E-state index contributed by atoms with van der Waals surface area (Å²) in [4.78, 5) is 5.03. The van der Waals surface area contributed by atoms with Crippen LogP contribution in [0, 0.1) is 0 Å². The first-order valence-corrected chi connectivity index (χ1v) is 14.5. The third-order valence-corrected chi connectivity index (χ3v) is 10.1. The molecule has 0 aliphatic heterocycles. The van der Waals surface area contributed by atoms with E-state index < -0.39 is 9.84 Å². The van der Waals surface area contributed by atoms with Gasteiger partial charge in [-0.25, -0.2) is 13.4 Å². The molecule has 3 aliphatic rings. The van der Waals surface area contributed by atoms with Crippen LogP contribution < -0.4 is 10.6 Å². The van der Waals surface area contributed by atoms with Crippen molar-refractivity contribution in [2.45, 2.75) is 112 Å². The molecule has 34 heavy (non-hydrogen) atoms. The van der Waals surface area contributed by atoms with E-state index >= 15 is 0 Å². The molecule has 3 saturated carbocycles. The summed E-state index contributed by atoms with van der Waals surface area (Å²) in [6.07, 6.45) is 12.3. The molecule has 5 rings (SSSR count). The van der Waals surface area contributed by atoms with Gasteiger partial charge in [-0.2, -0.15) is 5.10 Å². The number of hydrogen-bond acceptors (Lipinski definition) is 7. The third-order valence-electron chi connectivity index (χ3n) is 7.82. The topological polar surface area (TPSA) is 120 Å². The van der Waals surface area contributed by atoms with Gasteiger partial charge in [-0.05, 0) is 63.5 Å². The number of nitrogens with zero attached hydrogens (tertiary/aromatic N) is 2. The van der Waals surface area contributed by atoms with Gasteiger partial charge in [-0.15, -0.1) is 0 Å². The van der Waals surface area contributed by atoms with Gasteiger partial charge < -0.3 is 15.7 Å². The Labute approximate surface area is 202 Å². The SMILES string of the molecule is O=S(=O)(c1cc(Nc2cc(C3CCCC3)[nH]n2)nc(N[C@H]2CC[C@H](O)CC2)c1)C1CCCCC1. The predicted octanol–water partition coefficient (Wildman–Crippen LogP) is 5.03. The predicted molar refractivity (Wildman–Crippen MR) is 133 cm³/mol. The highest BCUT2D eigenvalue weighted by atomic mass is 32.2. The number of nitrogens with one attached hydrogen (secondary N) is 3. The average molecular weight is 488 g/mol. The first kappa shape index (κ1) is 23.6. The summed E-state index contributed by atoms with van der Waals surface area (Å²) in [7, 11) is -3.44. The zero-order chi connectivity index (χ0) is 23.5. The van der Waals surface area contributed by atoms with Gasteiger partial charge in [0, 0.05) is 23.7 Å². The summed E-state index contributed by atoms with van der Waals surface area (Å²) in [5, 5.41) is 23.8. The second kappa shape index (κ2) is 10.2. The number of sulfone groups is 1. The Morgan fingerprint density at radius 3 is 2.24 bits per heavy atom. The van der Waals surface area contributed by atoms with Crippen LogP contribution in [-0.2, 0) is 9.84 Å². The molecule has 3 aliphatic carbocycles. The van der Waals surface area contributed by atoms with E-state index in [9.17, 15) is 13.5 Å². The summed E-state index contributed by atoms with van der Waals surface area (Å²) < 4.78 is 27.0. The van der Waals surface area contributed by atoms with Gasteiger partial charge in [0.1, 0.15) is 11.6 Å². The van der Waals surface area contributed by atoms with Crippen LogP contribution in [0.3, 0.4) is 0 Å². The molecular weight excluding hydrogens is 450 g/mol. The Bertz CT molecular complexity index is 1070. The lowest BCUT2D eigenvalue weighted by Crippen LogP contribution is -2.29. The number of H-pyrrole nitrogens is 1. The summed E-state index contributed by atoms with van der Waals surface area (Å²) in [6.45, 7) is 0. The molecule has 2 heterocycles. The van der Waals surface area contributed by atoms with Crippen LogP contribution in [-0.4, -0.2) is 46.1 Å². The first-order valence-electron chi connectivity index (χ1n) is 13.0. The molecule has 4 N–H and O–H groups in total. The molecule has 0 spiro atoms. The number of aliphatic hydroxyl groups is 1. The fraction of sp³-hybridized carbons (Fsp3) is 0.680. The van der Waals surface area contributed by atoms with Crippen molar-refractivity contribution in [2.75, 3.05) is 10.6 Å². The van der Waals surface area contributed by atoms with Crippen molar-refractivity contribution in [2.24, 2.45) is 0 Å². The molecule has 2 aromatic heterocycles. The van der Waals surface area contributed by atoms with Gasteiger partial charge >= 0.3 is 0 Å². The highest BCUT2D eigenvalue weighted by Gasteiger charge is 2.30. The van der Waals surface area contributed by atoms with Crippen molar-refractivity contribution in [3.8, 4) is 0 Å². The van der Waals surface area contributed by atoms with E-state index in [1.807, 2.05) is 6.07 Å². The van der Waals surface area contributed by atoms with Crippen LogP contribution >= 0.6 is 0 Å². The minimum absolute atomic E-state index is 0.177. The maximum absolute atomic E-state index is 13.5. The van der Waals surface area contributed by atoms with E-state index in [0.717, 1.165) is 63.5 Å². The van der Waals surface area contributed by atoms with Crippen LogP contribution in [0.4, 0.5) is 17.5 Å². The van der Waals surface area contributed by atoms with E-state index in [-0.39, 0.29) is 17.4 Å². The van der Waals surface area contributed by atoms with Crippen molar-refractivity contribution in [3.63, 3.8) is 0 Å². The molecule has 0 atom stereocenters. The molecule has 0 aromatic carbocycles. The Morgan fingerprint density at radius 2 is 1.50 bits per heavy atom. The fourth-order valence-corrected chi connectivity index (χ4v) is 7.67. The van der Waals surface area contributed by atoms with Crippen LogP contribution in [0.5, 0.6) is 0 Å². The Kier molecular flexibility index (Phi) is 7.11. The van der Waals surface area contributed by atoms with Crippen molar-refractivity contribution in [1.82, 2.24) is 15.2 Å². The van der Waals surface area contributed by atoms with E-state index in [4.69, 9.17) is 4.98 Å². The highest BCUT2D eigenvalue weighted by Crippen LogP contribution is 2.35. The summed E-state index contributed by atoms with van der Waals surface area (Å²) in [5.41, 5.74) is 1.13. The van der Waals surface area contributed by atoms with Gasteiger partial charge in [0.05, 0.1) is 16.2 Å². The Balaban J connectivity index is 1.40. The lowest BCUT2D eigenvalue weighted by Gasteiger charge is -2.27. The summed E-state index contributed by atoms with van der Waals surface area (Å²) in [5.74, 6) is 2.23. The van der Waals surface area contributed by atoms with Crippen molar-refractivity contribution in [1.29, 1.82) is 0 Å². The maximum Gasteiger partial charge on any atom is 0.181 e. The highest BCUT2D eigenvalue weighted by molar-refractivity contribution is 7.92. The van der Waals surface area contributed by atoms with Crippen molar-refractivity contribution in [3.05, 3.63) is 23.9 Å². The van der Waals surface area contributed by atoms with Crippen LogP contribution in [0.25, 0.3) is 0 Å². The molecule has 2 aromatic rings. The van der Waals surface area contributed by atoms with Crippen molar-refractivity contribution < 1.29 is 13.5 Å². The second-order valence-electron chi connectivity index (χ2n) is 10.3. The molecule has 8 nitrogen and oxygen atoms in total. The number of aliphatic hydroxyl groups excluding tert-OH is 1. The normalized spacial score (nSPS) is 24.9. The van der Waals surface area contributed by atoms with Crippen LogP contribution in [0.1, 0.15) is 95.1 Å². The lowest BCUT2D eigenvalue weighted by molar-refractivity contribution is 0.126. The Morgan fingerprint density at radius 1 is 0.824 bits per heavy atom. The number of pyridine rings is 1. The molecule has 186 valence electrons. The fourth-order valence-electron chi connectivity index (χ4n) is 5.78. The monoisotopic (exact) mass is 487 g/mol. The van der Waals surface area contributed by atoms with Gasteiger partial charge in [0.2, 0.25) is 0 Å². The summed E-state index contributed by atoms with van der Waals surface area (Å²) in [6, 6.07) is 5.55. The van der Waals surface area contributed by atoms with Crippen LogP contribution in [0.2, 0.25) is 0 Å². The quantitative estimate of drug-likeness (QED) is 0.432. The zero-order valence-corrected chi connectivity index (χ0v) is 20.6. The molecule has 9 heteroatoms. The standard InChI is InChI=1S/C25H37N5O3S/c31-19-12-10-18(11-13-19)26-23-14-21(34(32,33)20-8-2-1-3-9-20)15-24(27-23)28-25-16-22(29-30-25)17-6-4-5-7-17/h14-20,31H,1-13H2,(H3,26,27,28,29,30)/t18-,19-. The first-order chi connectivity index (χ1) is 16.5. The van der Waals surface area contributed by atoms with Gasteiger partial charge in [-0.3, -0.25) is 5.10 Å². The zero-order valence-electron chi connectivity index (χ0n) is 19.8. The van der Waals surface area contributed by atoms with E-state index in [1.54, 1.807) is 12.1 Å².